The summed E-state index contributed by atoms with van der Waals surface area (Å²) in [7, 11) is -1.45. The lowest BCUT2D eigenvalue weighted by atomic mass is 10.0. The van der Waals surface area contributed by atoms with Crippen molar-refractivity contribution in [2.75, 3.05) is 25.7 Å². The summed E-state index contributed by atoms with van der Waals surface area (Å²) in [6, 6.07) is 8.42. The summed E-state index contributed by atoms with van der Waals surface area (Å²) < 4.78 is 42.4. The van der Waals surface area contributed by atoms with Gasteiger partial charge in [-0.2, -0.15) is 0 Å². The Bertz CT molecular complexity index is 963. The first-order valence-corrected chi connectivity index (χ1v) is 18.5. The highest BCUT2D eigenvalue weighted by Gasteiger charge is 2.25. The smallest absolute Gasteiger partial charge is 0.150 e. The van der Waals surface area contributed by atoms with Crippen molar-refractivity contribution in [3.63, 3.8) is 0 Å². The first kappa shape index (κ1) is 33.3. The van der Waals surface area contributed by atoms with Crippen molar-refractivity contribution in [3.05, 3.63) is 66.3 Å². The first-order valence-electron chi connectivity index (χ1n) is 12.9. The quantitative estimate of drug-likeness (QED) is 0.141. The summed E-state index contributed by atoms with van der Waals surface area (Å²) in [5.74, 6) is 0.893. The predicted octanol–water partition coefficient (Wildman–Crippen LogP) is 5.81. The van der Waals surface area contributed by atoms with E-state index in [-0.39, 0.29) is 29.6 Å². The van der Waals surface area contributed by atoms with Crippen molar-refractivity contribution in [2.24, 2.45) is 5.92 Å². The van der Waals surface area contributed by atoms with Gasteiger partial charge in [0.05, 0.1) is 31.7 Å². The zero-order valence-corrected chi connectivity index (χ0v) is 25.6. The molecular formula is C29H48O6SSi. The molecular weight excluding hydrogens is 504 g/mol. The van der Waals surface area contributed by atoms with Crippen molar-refractivity contribution in [1.29, 1.82) is 0 Å². The standard InChI is InChI=1S/C29H48O6SSi/c1-9-28(34-5)27(30)12-10-11-23(2)13-18-29(35-21-25-14-16-26(33-4)17-15-25)24(3)22-36(31,32)19-20-37(6,7)8/h9,11,13-18,24,27-30H,1,10,12,19-22H2,2-8H3/b18-13+,23-11+/t24-,27+,28+,29-/m1/s1. The minimum Gasteiger partial charge on any atom is -0.497 e. The molecule has 8 heteroatoms. The molecule has 0 saturated carbocycles. The number of aliphatic hydroxyl groups is 1. The second-order valence-electron chi connectivity index (χ2n) is 10.9. The highest BCUT2D eigenvalue weighted by molar-refractivity contribution is 7.91. The third kappa shape index (κ3) is 14.1. The monoisotopic (exact) mass is 552 g/mol. The number of methoxy groups -OCH3 is 2. The maximum atomic E-state index is 12.9. The van der Waals surface area contributed by atoms with Crippen LogP contribution in [0.15, 0.2) is 60.7 Å². The zero-order valence-electron chi connectivity index (χ0n) is 23.8. The number of hydrogen-bond donors (Lipinski definition) is 1. The van der Waals surface area contributed by atoms with Crippen LogP contribution in [0.4, 0.5) is 0 Å². The van der Waals surface area contributed by atoms with E-state index in [0.717, 1.165) is 22.9 Å². The van der Waals surface area contributed by atoms with Crippen LogP contribution in [0.3, 0.4) is 0 Å². The Kier molecular flexibility index (Phi) is 14.7. The van der Waals surface area contributed by atoms with Crippen molar-refractivity contribution in [2.45, 2.75) is 77.3 Å². The summed E-state index contributed by atoms with van der Waals surface area (Å²) in [5.41, 5.74) is 2.01. The molecule has 0 aliphatic heterocycles. The minimum atomic E-state index is -3.18. The van der Waals surface area contributed by atoms with Gasteiger partial charge in [0.1, 0.15) is 21.7 Å². The molecule has 0 unspecified atom stereocenters. The highest BCUT2D eigenvalue weighted by atomic mass is 32.2. The van der Waals surface area contributed by atoms with Gasteiger partial charge in [0.15, 0.2) is 0 Å². The van der Waals surface area contributed by atoms with Crippen LogP contribution in [0.5, 0.6) is 5.75 Å². The average molecular weight is 553 g/mol. The number of sulfone groups is 1. The van der Waals surface area contributed by atoms with Gasteiger partial charge in [-0.1, -0.05) is 68.6 Å². The normalized spacial score (nSPS) is 16.4. The Balaban J connectivity index is 2.92. The Morgan fingerprint density at radius 1 is 1.14 bits per heavy atom. The van der Waals surface area contributed by atoms with E-state index in [1.54, 1.807) is 20.3 Å². The van der Waals surface area contributed by atoms with Gasteiger partial charge in [0.25, 0.3) is 0 Å². The van der Waals surface area contributed by atoms with Crippen LogP contribution in [0.2, 0.25) is 25.7 Å². The number of rotatable bonds is 18. The molecule has 1 N–H and O–H groups in total. The molecule has 210 valence electrons. The molecule has 0 radical (unpaired) electrons. The third-order valence-corrected chi connectivity index (χ3v) is 10.2. The van der Waals surface area contributed by atoms with Crippen LogP contribution in [-0.2, 0) is 25.9 Å². The molecule has 0 amide bonds. The molecule has 37 heavy (non-hydrogen) atoms. The molecule has 0 aliphatic carbocycles. The van der Waals surface area contributed by atoms with Crippen molar-refractivity contribution in [3.8, 4) is 5.75 Å². The van der Waals surface area contributed by atoms with E-state index < -0.39 is 24.0 Å². The average Bonchev–Trinajstić information content (AvgIpc) is 2.83. The Morgan fingerprint density at radius 3 is 2.32 bits per heavy atom. The summed E-state index contributed by atoms with van der Waals surface area (Å²) in [6.07, 6.45) is 7.44. The maximum Gasteiger partial charge on any atom is 0.150 e. The molecule has 6 nitrogen and oxygen atoms in total. The fraction of sp³-hybridized carbons (Fsp3) is 0.586. The number of ether oxygens (including phenoxy) is 3. The van der Waals surface area contributed by atoms with Gasteiger partial charge in [-0.05, 0) is 49.4 Å². The Morgan fingerprint density at radius 2 is 1.78 bits per heavy atom. The molecule has 1 aromatic carbocycles. The summed E-state index contributed by atoms with van der Waals surface area (Å²) in [6.45, 7) is 14.5. The lowest BCUT2D eigenvalue weighted by Gasteiger charge is -2.23. The third-order valence-electron chi connectivity index (χ3n) is 6.20. The summed E-state index contributed by atoms with van der Waals surface area (Å²) >= 11 is 0. The first-order chi connectivity index (χ1) is 17.3. The van der Waals surface area contributed by atoms with E-state index >= 15 is 0 Å². The lowest BCUT2D eigenvalue weighted by Crippen LogP contribution is -2.30. The largest absolute Gasteiger partial charge is 0.497 e. The number of aliphatic hydroxyl groups excluding tert-OH is 1. The predicted molar refractivity (Wildman–Crippen MR) is 157 cm³/mol. The van der Waals surface area contributed by atoms with E-state index in [4.69, 9.17) is 14.2 Å². The minimum absolute atomic E-state index is 0.0873. The van der Waals surface area contributed by atoms with Crippen molar-refractivity contribution in [1.82, 2.24) is 0 Å². The van der Waals surface area contributed by atoms with Crippen LogP contribution < -0.4 is 4.74 Å². The van der Waals surface area contributed by atoms with Gasteiger partial charge in [-0.25, -0.2) is 8.42 Å². The van der Waals surface area contributed by atoms with Crippen LogP contribution in [-0.4, -0.2) is 65.6 Å². The molecule has 0 bridgehead atoms. The molecule has 0 aliphatic rings. The van der Waals surface area contributed by atoms with Crippen LogP contribution >= 0.6 is 0 Å². The van der Waals surface area contributed by atoms with Gasteiger partial charge in [0, 0.05) is 20.9 Å². The zero-order chi connectivity index (χ0) is 28.1. The van der Waals surface area contributed by atoms with Crippen LogP contribution in [0.25, 0.3) is 0 Å². The van der Waals surface area contributed by atoms with Crippen molar-refractivity contribution >= 4 is 17.9 Å². The number of allylic oxidation sites excluding steroid dienone is 3. The van der Waals surface area contributed by atoms with E-state index in [1.165, 1.54) is 0 Å². The van der Waals surface area contributed by atoms with Gasteiger partial charge < -0.3 is 19.3 Å². The fourth-order valence-electron chi connectivity index (χ4n) is 3.74. The number of benzene rings is 1. The second kappa shape index (κ2) is 16.3. The van der Waals surface area contributed by atoms with E-state index in [1.807, 2.05) is 56.3 Å². The Hall–Kier alpha value is -1.71. The van der Waals surface area contributed by atoms with Gasteiger partial charge in [-0.15, -0.1) is 6.58 Å². The van der Waals surface area contributed by atoms with E-state index in [2.05, 4.69) is 26.2 Å². The molecule has 0 spiro atoms. The summed E-state index contributed by atoms with van der Waals surface area (Å²) in [4.78, 5) is 0. The summed E-state index contributed by atoms with van der Waals surface area (Å²) in [5, 5.41) is 10.2. The van der Waals surface area contributed by atoms with Crippen molar-refractivity contribution < 1.29 is 27.7 Å². The molecule has 4 atom stereocenters. The Labute approximate surface area is 226 Å². The maximum absolute atomic E-state index is 12.9. The molecule has 0 fully saturated rings. The lowest BCUT2D eigenvalue weighted by molar-refractivity contribution is 0.0135. The topological polar surface area (TPSA) is 82.1 Å². The van der Waals surface area contributed by atoms with Crippen LogP contribution in [0, 0.1) is 5.92 Å². The number of hydrogen-bond acceptors (Lipinski definition) is 6. The molecule has 0 heterocycles. The molecule has 1 rings (SSSR count). The molecule has 0 saturated heterocycles. The van der Waals surface area contributed by atoms with Gasteiger partial charge in [0.2, 0.25) is 0 Å². The molecule has 0 aromatic heterocycles. The van der Waals surface area contributed by atoms with Crippen LogP contribution in [0.1, 0.15) is 32.3 Å². The SMILES string of the molecule is C=C[C@H](OC)[C@@H](O)CC/C=C(C)/C=C/[C@@H](OCc1ccc(OC)cc1)[C@H](C)CS(=O)(=O)CC[Si](C)(C)C. The highest BCUT2D eigenvalue weighted by Crippen LogP contribution is 2.20. The van der Waals surface area contributed by atoms with Gasteiger partial charge in [-0.3, -0.25) is 0 Å². The second-order valence-corrected chi connectivity index (χ2v) is 18.8. The fourth-order valence-corrected chi connectivity index (χ4v) is 8.59. The van der Waals surface area contributed by atoms with E-state index in [0.29, 0.717) is 19.4 Å². The molecule has 1 aromatic rings. The van der Waals surface area contributed by atoms with E-state index in [9.17, 15) is 13.5 Å². The van der Waals surface area contributed by atoms with Gasteiger partial charge >= 0.3 is 0 Å².